The van der Waals surface area contributed by atoms with Crippen LogP contribution in [0.5, 0.6) is 0 Å². The van der Waals surface area contributed by atoms with Crippen LogP contribution in [0.15, 0.2) is 60.7 Å². The molecule has 0 atom stereocenters. The van der Waals surface area contributed by atoms with E-state index in [-0.39, 0.29) is 33.6 Å². The zero-order valence-corrected chi connectivity index (χ0v) is 19.9. The summed E-state index contributed by atoms with van der Waals surface area (Å²) in [6.07, 6.45) is 0. The standard InChI is InChI=1S/C14H8N2O6.C12H5NO5/c17-11(18)6-15-13(19)9-3-1-2-7-4-8(16(21)22)5-10(12(7)9)14(15)20;14-11-8-3-1-2-6-4-7(13(16)17)5-9(10(6)8)12(15)18-11/h1-5H,6H2,(H,17,18);1-5H. The number of carbonyl (C=O) groups excluding carboxylic acids is 4. The molecule has 6 rings (SSSR count). The van der Waals surface area contributed by atoms with Crippen LogP contribution in [0.25, 0.3) is 21.5 Å². The number of cyclic esters (lactones) is 2. The number of ether oxygens (including phenoxy) is 1. The molecule has 0 unspecified atom stereocenters. The van der Waals surface area contributed by atoms with Gasteiger partial charge in [0.05, 0.1) is 26.5 Å². The minimum absolute atomic E-state index is 0.0411. The number of rotatable bonds is 4. The number of esters is 2. The van der Waals surface area contributed by atoms with Crippen molar-refractivity contribution in [2.24, 2.45) is 0 Å². The first-order valence-electron chi connectivity index (χ1n) is 11.2. The van der Waals surface area contributed by atoms with Crippen molar-refractivity contribution in [3.05, 3.63) is 103 Å². The maximum Gasteiger partial charge on any atom is 0.346 e. The van der Waals surface area contributed by atoms with Gasteiger partial charge in [0.1, 0.15) is 6.54 Å². The van der Waals surface area contributed by atoms with Crippen LogP contribution in [0.4, 0.5) is 11.4 Å². The number of non-ortho nitro benzene ring substituents is 2. The number of amides is 2. The fourth-order valence-corrected chi connectivity index (χ4v) is 4.57. The summed E-state index contributed by atoms with van der Waals surface area (Å²) in [5.74, 6) is -4.50. The first kappa shape index (κ1) is 25.6. The number of imide groups is 1. The Bertz CT molecular complexity index is 1880. The highest BCUT2D eigenvalue weighted by atomic mass is 16.6. The summed E-state index contributed by atoms with van der Waals surface area (Å²) in [7, 11) is 0. The quantitative estimate of drug-likeness (QED) is 0.130. The second-order valence-electron chi connectivity index (χ2n) is 8.58. The van der Waals surface area contributed by atoms with Crippen LogP contribution < -0.4 is 0 Å². The van der Waals surface area contributed by atoms with Gasteiger partial charge in [-0.15, -0.1) is 0 Å². The summed E-state index contributed by atoms with van der Waals surface area (Å²) in [5.41, 5.74) is -0.0890. The van der Waals surface area contributed by atoms with Crippen LogP contribution in [0.3, 0.4) is 0 Å². The van der Waals surface area contributed by atoms with Gasteiger partial charge in [0.2, 0.25) is 0 Å². The molecule has 0 spiro atoms. The predicted molar refractivity (Wildman–Crippen MR) is 134 cm³/mol. The SMILES string of the molecule is O=C(O)CN1C(=O)c2cccc3cc([N+](=O)[O-])cc(c23)C1=O.O=C1OC(=O)c2cc([N+](=O)[O-])cc3cccc1c23. The second-order valence-corrected chi connectivity index (χ2v) is 8.58. The van der Waals surface area contributed by atoms with Gasteiger partial charge in [0.15, 0.2) is 0 Å². The number of benzene rings is 4. The highest BCUT2D eigenvalue weighted by molar-refractivity contribution is 6.26. The zero-order chi connectivity index (χ0) is 28.9. The van der Waals surface area contributed by atoms with Crippen molar-refractivity contribution in [3.8, 4) is 0 Å². The highest BCUT2D eigenvalue weighted by Gasteiger charge is 2.35. The molecule has 2 aliphatic rings. The summed E-state index contributed by atoms with van der Waals surface area (Å²) in [5, 5.41) is 32.1. The minimum atomic E-state index is -1.34. The average Bonchev–Trinajstić information content (AvgIpc) is 2.92. The number of carboxylic acid groups (broad SMARTS) is 1. The molecule has 1 N–H and O–H groups in total. The third kappa shape index (κ3) is 4.14. The van der Waals surface area contributed by atoms with Gasteiger partial charge in [-0.1, -0.05) is 24.3 Å². The minimum Gasteiger partial charge on any atom is -0.480 e. The van der Waals surface area contributed by atoms with E-state index in [0.717, 1.165) is 12.1 Å². The lowest BCUT2D eigenvalue weighted by Gasteiger charge is -2.25. The molecule has 2 amide bonds. The monoisotopic (exact) mass is 543 g/mol. The molecule has 0 aromatic heterocycles. The predicted octanol–water partition coefficient (Wildman–Crippen LogP) is 3.49. The maximum absolute atomic E-state index is 12.3. The molecule has 0 aliphatic carbocycles. The normalized spacial score (nSPS) is 13.6. The Morgan fingerprint density at radius 1 is 0.725 bits per heavy atom. The number of carboxylic acids is 1. The van der Waals surface area contributed by atoms with Gasteiger partial charge in [-0.2, -0.15) is 0 Å². The molecular weight excluding hydrogens is 530 g/mol. The molecule has 4 aromatic carbocycles. The van der Waals surface area contributed by atoms with Crippen LogP contribution in [0, 0.1) is 20.2 Å². The lowest BCUT2D eigenvalue weighted by molar-refractivity contribution is -0.384. The Hall–Kier alpha value is -6.05. The van der Waals surface area contributed by atoms with Crippen molar-refractivity contribution in [3.63, 3.8) is 0 Å². The molecule has 198 valence electrons. The Morgan fingerprint density at radius 3 is 1.75 bits per heavy atom. The Kier molecular flexibility index (Phi) is 5.99. The van der Waals surface area contributed by atoms with Crippen molar-refractivity contribution in [2.75, 3.05) is 6.54 Å². The molecule has 14 nitrogen and oxygen atoms in total. The van der Waals surface area contributed by atoms with Gasteiger partial charge in [-0.3, -0.25) is 39.5 Å². The van der Waals surface area contributed by atoms with E-state index in [1.807, 2.05) is 0 Å². The molecule has 0 radical (unpaired) electrons. The Morgan fingerprint density at radius 2 is 1.20 bits per heavy atom. The van der Waals surface area contributed by atoms with Crippen molar-refractivity contribution in [1.82, 2.24) is 4.90 Å². The van der Waals surface area contributed by atoms with Gasteiger partial charge in [-0.05, 0) is 22.9 Å². The van der Waals surface area contributed by atoms with E-state index in [9.17, 15) is 44.2 Å². The van der Waals surface area contributed by atoms with E-state index in [1.165, 1.54) is 30.3 Å². The van der Waals surface area contributed by atoms with Crippen LogP contribution in [-0.4, -0.2) is 56.1 Å². The van der Waals surface area contributed by atoms with Crippen molar-refractivity contribution >= 4 is 62.6 Å². The largest absolute Gasteiger partial charge is 0.480 e. The van der Waals surface area contributed by atoms with E-state index >= 15 is 0 Å². The molecule has 0 saturated heterocycles. The van der Waals surface area contributed by atoms with E-state index in [2.05, 4.69) is 4.74 Å². The Balaban J connectivity index is 0.000000164. The molecule has 40 heavy (non-hydrogen) atoms. The van der Waals surface area contributed by atoms with Gasteiger partial charge in [-0.25, -0.2) is 9.59 Å². The van der Waals surface area contributed by atoms with E-state index < -0.39 is 46.1 Å². The third-order valence-corrected chi connectivity index (χ3v) is 6.21. The lowest BCUT2D eigenvalue weighted by atomic mass is 9.93. The number of carbonyl (C=O) groups is 5. The smallest absolute Gasteiger partial charge is 0.346 e. The molecule has 0 fully saturated rings. The molecule has 2 heterocycles. The maximum atomic E-state index is 12.3. The molecule has 14 heteroatoms. The first-order valence-corrected chi connectivity index (χ1v) is 11.2. The van der Waals surface area contributed by atoms with E-state index in [4.69, 9.17) is 5.11 Å². The number of nitro groups is 2. The molecule has 4 aromatic rings. The highest BCUT2D eigenvalue weighted by Crippen LogP contribution is 2.34. The molecule has 2 aliphatic heterocycles. The molecular formula is C26H13N3O11. The molecule has 0 bridgehead atoms. The number of nitro benzene ring substituents is 2. The number of aliphatic carboxylic acids is 1. The third-order valence-electron chi connectivity index (χ3n) is 6.21. The number of hydrogen-bond donors (Lipinski definition) is 1. The second kappa shape index (κ2) is 9.36. The number of nitrogens with zero attached hydrogens (tertiary/aromatic N) is 3. The van der Waals surface area contributed by atoms with Crippen LogP contribution >= 0.6 is 0 Å². The zero-order valence-electron chi connectivity index (χ0n) is 19.9. The Labute approximate surface area is 221 Å². The summed E-state index contributed by atoms with van der Waals surface area (Å²) in [6, 6.07) is 14.1. The summed E-state index contributed by atoms with van der Waals surface area (Å²) >= 11 is 0. The summed E-state index contributed by atoms with van der Waals surface area (Å²) < 4.78 is 4.54. The van der Waals surface area contributed by atoms with Gasteiger partial charge >= 0.3 is 17.9 Å². The first-order chi connectivity index (χ1) is 19.0. The van der Waals surface area contributed by atoms with Crippen LogP contribution in [0.1, 0.15) is 41.4 Å². The average molecular weight is 543 g/mol. The van der Waals surface area contributed by atoms with Gasteiger partial charge in [0.25, 0.3) is 23.2 Å². The summed E-state index contributed by atoms with van der Waals surface area (Å²) in [6.45, 7) is -0.795. The lowest BCUT2D eigenvalue weighted by Crippen LogP contribution is -2.43. The van der Waals surface area contributed by atoms with Crippen LogP contribution in [0.2, 0.25) is 0 Å². The van der Waals surface area contributed by atoms with Gasteiger partial charge in [0, 0.05) is 40.6 Å². The van der Waals surface area contributed by atoms with E-state index in [1.54, 1.807) is 18.2 Å². The van der Waals surface area contributed by atoms with Crippen LogP contribution in [-0.2, 0) is 9.53 Å². The number of hydrogen-bond acceptors (Lipinski definition) is 10. The summed E-state index contributed by atoms with van der Waals surface area (Å²) in [4.78, 5) is 79.6. The van der Waals surface area contributed by atoms with Gasteiger partial charge < -0.3 is 9.84 Å². The fraction of sp³-hybridized carbons (Fsp3) is 0.0385. The molecule has 0 saturated carbocycles. The fourth-order valence-electron chi connectivity index (χ4n) is 4.57. The topological polar surface area (TPSA) is 204 Å². The van der Waals surface area contributed by atoms with Crippen molar-refractivity contribution < 1.29 is 43.7 Å². The van der Waals surface area contributed by atoms with Crippen molar-refractivity contribution in [1.29, 1.82) is 0 Å². The van der Waals surface area contributed by atoms with E-state index in [0.29, 0.717) is 26.4 Å². The van der Waals surface area contributed by atoms with Crippen molar-refractivity contribution in [2.45, 2.75) is 0 Å².